The maximum Gasteiger partial charge on any atom is 0.436 e. The van der Waals surface area contributed by atoms with Gasteiger partial charge in [0.1, 0.15) is 6.54 Å². The molecular weight excluding hydrogens is 375 g/mol. The molecule has 0 spiro atoms. The van der Waals surface area contributed by atoms with Crippen molar-refractivity contribution in [1.82, 2.24) is 15.1 Å². The van der Waals surface area contributed by atoms with Crippen molar-refractivity contribution in [2.75, 3.05) is 6.54 Å². The number of carbonyl (C=O) groups excluding carboxylic acids is 1. The Morgan fingerprint density at radius 3 is 2.52 bits per heavy atom. The molecular formula is C15H15BrF3N3O. The molecule has 1 N–H and O–H groups in total. The van der Waals surface area contributed by atoms with E-state index in [9.17, 15) is 18.0 Å². The molecule has 1 amide bonds. The third kappa shape index (κ3) is 4.57. The van der Waals surface area contributed by atoms with Crippen LogP contribution in [0, 0.1) is 6.92 Å². The molecule has 0 aliphatic carbocycles. The Bertz CT molecular complexity index is 683. The summed E-state index contributed by atoms with van der Waals surface area (Å²) in [4.78, 5) is 11.9. The zero-order valence-electron chi connectivity index (χ0n) is 12.3. The molecule has 0 saturated carbocycles. The van der Waals surface area contributed by atoms with Crippen molar-refractivity contribution < 1.29 is 18.0 Å². The lowest BCUT2D eigenvalue weighted by Crippen LogP contribution is -2.30. The van der Waals surface area contributed by atoms with Crippen molar-refractivity contribution >= 4 is 21.8 Å². The third-order valence-corrected chi connectivity index (χ3v) is 4.22. The third-order valence-electron chi connectivity index (χ3n) is 3.27. The first-order valence-electron chi connectivity index (χ1n) is 6.89. The largest absolute Gasteiger partial charge is 0.436 e. The van der Waals surface area contributed by atoms with E-state index in [0.29, 0.717) is 13.0 Å². The van der Waals surface area contributed by atoms with Crippen molar-refractivity contribution in [3.63, 3.8) is 0 Å². The van der Waals surface area contributed by atoms with E-state index in [-0.39, 0.29) is 22.6 Å². The number of rotatable bonds is 5. The summed E-state index contributed by atoms with van der Waals surface area (Å²) in [6.45, 7) is 1.63. The second kappa shape index (κ2) is 7.16. The Balaban J connectivity index is 1.93. The number of aromatic nitrogens is 2. The predicted octanol–water partition coefficient (Wildman–Crippen LogP) is 3.33. The second-order valence-corrected chi connectivity index (χ2v) is 5.78. The van der Waals surface area contributed by atoms with Crippen molar-refractivity contribution in [2.24, 2.45) is 0 Å². The zero-order valence-corrected chi connectivity index (χ0v) is 13.9. The molecule has 1 aromatic carbocycles. The minimum absolute atomic E-state index is 0.137. The minimum atomic E-state index is -4.56. The Hall–Kier alpha value is -1.83. The molecule has 124 valence electrons. The first-order chi connectivity index (χ1) is 10.8. The molecule has 2 aromatic rings. The van der Waals surface area contributed by atoms with Crippen LogP contribution in [0.4, 0.5) is 13.2 Å². The van der Waals surface area contributed by atoms with Gasteiger partial charge in [-0.2, -0.15) is 18.3 Å². The minimum Gasteiger partial charge on any atom is -0.354 e. The predicted molar refractivity (Wildman–Crippen MR) is 82.8 cm³/mol. The molecule has 0 aliphatic rings. The Kier molecular flexibility index (Phi) is 5.46. The quantitative estimate of drug-likeness (QED) is 0.852. The topological polar surface area (TPSA) is 46.9 Å². The summed E-state index contributed by atoms with van der Waals surface area (Å²) in [7, 11) is 0. The highest BCUT2D eigenvalue weighted by molar-refractivity contribution is 9.10. The summed E-state index contributed by atoms with van der Waals surface area (Å²) in [6, 6.07) is 9.59. The van der Waals surface area contributed by atoms with Gasteiger partial charge in [-0.25, -0.2) is 0 Å². The average Bonchev–Trinajstić information content (AvgIpc) is 2.77. The van der Waals surface area contributed by atoms with Crippen LogP contribution in [0.5, 0.6) is 0 Å². The number of hydrogen-bond donors (Lipinski definition) is 1. The first-order valence-corrected chi connectivity index (χ1v) is 7.69. The molecule has 0 radical (unpaired) electrons. The Morgan fingerprint density at radius 2 is 1.96 bits per heavy atom. The standard InChI is InChI=1S/C15H15BrF3N3O/c1-10-13(16)14(15(17,18)19)21-22(10)9-12(23)20-8-7-11-5-3-2-4-6-11/h2-6H,7-9H2,1H3,(H,20,23). The lowest BCUT2D eigenvalue weighted by molar-refractivity contribution is -0.142. The van der Waals surface area contributed by atoms with Gasteiger partial charge >= 0.3 is 6.18 Å². The highest BCUT2D eigenvalue weighted by Gasteiger charge is 2.38. The molecule has 23 heavy (non-hydrogen) atoms. The number of nitrogens with one attached hydrogen (secondary N) is 1. The number of alkyl halides is 3. The maximum absolute atomic E-state index is 12.8. The van der Waals surface area contributed by atoms with E-state index < -0.39 is 11.9 Å². The summed E-state index contributed by atoms with van der Waals surface area (Å²) >= 11 is 2.87. The molecule has 1 heterocycles. The number of carbonyl (C=O) groups is 1. The summed E-state index contributed by atoms with van der Waals surface area (Å²) < 4.78 is 39.2. The summed E-state index contributed by atoms with van der Waals surface area (Å²) in [5.74, 6) is -0.382. The van der Waals surface area contributed by atoms with Crippen molar-refractivity contribution in [3.8, 4) is 0 Å². The molecule has 0 unspecified atom stereocenters. The summed E-state index contributed by atoms with van der Waals surface area (Å²) in [5.41, 5.74) is 0.313. The molecule has 4 nitrogen and oxygen atoms in total. The number of hydrogen-bond acceptors (Lipinski definition) is 2. The van der Waals surface area contributed by atoms with Crippen LogP contribution in [-0.2, 0) is 23.9 Å². The fourth-order valence-corrected chi connectivity index (χ4v) is 2.55. The smallest absolute Gasteiger partial charge is 0.354 e. The van der Waals surface area contributed by atoms with Gasteiger partial charge in [0, 0.05) is 6.54 Å². The van der Waals surface area contributed by atoms with E-state index >= 15 is 0 Å². The fourth-order valence-electron chi connectivity index (χ4n) is 2.04. The molecule has 1 aromatic heterocycles. The molecule has 0 bridgehead atoms. The fraction of sp³-hybridized carbons (Fsp3) is 0.333. The normalized spacial score (nSPS) is 11.5. The van der Waals surface area contributed by atoms with Crippen LogP contribution >= 0.6 is 15.9 Å². The highest BCUT2D eigenvalue weighted by atomic mass is 79.9. The van der Waals surface area contributed by atoms with Crippen LogP contribution in [0.25, 0.3) is 0 Å². The van der Waals surface area contributed by atoms with E-state index in [1.807, 2.05) is 30.3 Å². The lowest BCUT2D eigenvalue weighted by Gasteiger charge is -2.07. The van der Waals surface area contributed by atoms with E-state index in [1.165, 1.54) is 6.92 Å². The Labute approximate surface area is 139 Å². The first kappa shape index (κ1) is 17.5. The maximum atomic E-state index is 12.8. The lowest BCUT2D eigenvalue weighted by atomic mass is 10.1. The van der Waals surface area contributed by atoms with Crippen LogP contribution in [0.2, 0.25) is 0 Å². The van der Waals surface area contributed by atoms with Crippen LogP contribution in [0.1, 0.15) is 17.0 Å². The Morgan fingerprint density at radius 1 is 1.30 bits per heavy atom. The van der Waals surface area contributed by atoms with Crippen LogP contribution in [0.3, 0.4) is 0 Å². The van der Waals surface area contributed by atoms with E-state index in [2.05, 4.69) is 26.3 Å². The van der Waals surface area contributed by atoms with Crippen molar-refractivity contribution in [3.05, 3.63) is 51.8 Å². The van der Waals surface area contributed by atoms with Gasteiger partial charge in [0.2, 0.25) is 5.91 Å². The van der Waals surface area contributed by atoms with Gasteiger partial charge in [-0.3, -0.25) is 9.48 Å². The van der Waals surface area contributed by atoms with E-state index in [1.54, 1.807) is 0 Å². The molecule has 8 heteroatoms. The number of benzene rings is 1. The molecule has 0 aliphatic heterocycles. The van der Waals surface area contributed by atoms with Gasteiger partial charge in [0.25, 0.3) is 0 Å². The van der Waals surface area contributed by atoms with Crippen LogP contribution in [0.15, 0.2) is 34.8 Å². The zero-order chi connectivity index (χ0) is 17.0. The molecule has 0 saturated heterocycles. The van der Waals surface area contributed by atoms with Gasteiger partial charge in [0.15, 0.2) is 5.69 Å². The monoisotopic (exact) mass is 389 g/mol. The van der Waals surface area contributed by atoms with Gasteiger partial charge in [-0.1, -0.05) is 30.3 Å². The SMILES string of the molecule is Cc1c(Br)c(C(F)(F)F)nn1CC(=O)NCCc1ccccc1. The summed E-state index contributed by atoms with van der Waals surface area (Å²) in [5, 5.41) is 6.15. The molecule has 2 rings (SSSR count). The number of amides is 1. The van der Waals surface area contributed by atoms with E-state index in [0.717, 1.165) is 10.2 Å². The van der Waals surface area contributed by atoms with Crippen molar-refractivity contribution in [2.45, 2.75) is 26.1 Å². The average molecular weight is 390 g/mol. The summed E-state index contributed by atoms with van der Waals surface area (Å²) in [6.07, 6.45) is -3.90. The van der Waals surface area contributed by atoms with Crippen LogP contribution < -0.4 is 5.32 Å². The second-order valence-electron chi connectivity index (χ2n) is 4.99. The van der Waals surface area contributed by atoms with Crippen molar-refractivity contribution in [1.29, 1.82) is 0 Å². The van der Waals surface area contributed by atoms with Gasteiger partial charge in [0.05, 0.1) is 10.2 Å². The number of halogens is 4. The number of nitrogens with zero attached hydrogens (tertiary/aromatic N) is 2. The molecule has 0 fully saturated rings. The van der Waals surface area contributed by atoms with Gasteiger partial charge < -0.3 is 5.32 Å². The van der Waals surface area contributed by atoms with Gasteiger partial charge in [-0.15, -0.1) is 0 Å². The molecule has 0 atom stereocenters. The van der Waals surface area contributed by atoms with Gasteiger partial charge in [-0.05, 0) is 34.8 Å². The van der Waals surface area contributed by atoms with E-state index in [4.69, 9.17) is 0 Å². The van der Waals surface area contributed by atoms with Crippen LogP contribution in [-0.4, -0.2) is 22.2 Å². The highest BCUT2D eigenvalue weighted by Crippen LogP contribution is 2.35.